The Morgan fingerprint density at radius 2 is 1.86 bits per heavy atom. The molecule has 0 aliphatic rings. The van der Waals surface area contributed by atoms with Crippen molar-refractivity contribution in [2.75, 3.05) is 0 Å². The van der Waals surface area contributed by atoms with Crippen molar-refractivity contribution in [3.05, 3.63) is 28.7 Å². The van der Waals surface area contributed by atoms with Crippen molar-refractivity contribution in [2.24, 2.45) is 0 Å². The Kier molecular flexibility index (Phi) is 3.98. The lowest BCUT2D eigenvalue weighted by molar-refractivity contribution is 0.591. The Hall–Kier alpha value is -0.0600. The van der Waals surface area contributed by atoms with Gasteiger partial charge in [0.05, 0.1) is 4.90 Å². The summed E-state index contributed by atoms with van der Waals surface area (Å²) in [5, 5.41) is 0. The van der Waals surface area contributed by atoms with E-state index in [1.54, 1.807) is 31.2 Å². The Morgan fingerprint density at radius 3 is 2.29 bits per heavy atom. The topological polar surface area (TPSA) is 34.1 Å². The molecule has 1 atom stereocenters. The fourth-order valence-corrected chi connectivity index (χ4v) is 2.81. The van der Waals surface area contributed by atoms with Gasteiger partial charge in [0.25, 0.3) is 0 Å². The maximum Gasteiger partial charge on any atom is 0.195 e. The van der Waals surface area contributed by atoms with Crippen molar-refractivity contribution >= 4 is 37.4 Å². The molecule has 1 aromatic carbocycles. The highest BCUT2D eigenvalue weighted by Crippen LogP contribution is 2.22. The van der Waals surface area contributed by atoms with Crippen LogP contribution in [-0.2, 0) is 9.84 Å². The minimum absolute atomic E-state index is 0.266. The van der Waals surface area contributed by atoms with Gasteiger partial charge in [0.2, 0.25) is 0 Å². The molecule has 0 aliphatic carbocycles. The molecule has 78 valence electrons. The van der Waals surface area contributed by atoms with Gasteiger partial charge in [0.1, 0.15) is 4.71 Å². The van der Waals surface area contributed by atoms with Gasteiger partial charge in [-0.1, -0.05) is 22.9 Å². The van der Waals surface area contributed by atoms with Gasteiger partial charge < -0.3 is 0 Å². The lowest BCUT2D eigenvalue weighted by Crippen LogP contribution is -2.14. The van der Waals surface area contributed by atoms with Crippen molar-refractivity contribution in [1.29, 1.82) is 0 Å². The summed E-state index contributed by atoms with van der Waals surface area (Å²) in [6.45, 7) is 1.74. The Labute approximate surface area is 97.3 Å². The summed E-state index contributed by atoms with van der Waals surface area (Å²) >= 11 is 8.97. The van der Waals surface area contributed by atoms with Crippen LogP contribution in [0, 0.1) is 0 Å². The van der Waals surface area contributed by atoms with Crippen LogP contribution in [-0.4, -0.2) is 13.1 Å². The molecule has 0 fully saturated rings. The molecule has 1 rings (SSSR count). The first kappa shape index (κ1) is 12.0. The zero-order valence-corrected chi connectivity index (χ0v) is 10.7. The van der Waals surface area contributed by atoms with Crippen LogP contribution in [0.1, 0.15) is 13.3 Å². The van der Waals surface area contributed by atoms with Crippen molar-refractivity contribution in [2.45, 2.75) is 22.9 Å². The molecule has 0 saturated heterocycles. The zero-order valence-electron chi connectivity index (χ0n) is 7.57. The number of halogens is 2. The van der Waals surface area contributed by atoms with Crippen molar-refractivity contribution in [3.8, 4) is 0 Å². The number of benzene rings is 1. The minimum Gasteiger partial charge on any atom is -0.222 e. The predicted octanol–water partition coefficient (Wildman–Crippen LogP) is 3.20. The Bertz CT molecular complexity index is 399. The minimum atomic E-state index is -3.36. The summed E-state index contributed by atoms with van der Waals surface area (Å²) in [5.41, 5.74) is 0. The maximum atomic E-state index is 11.7. The second-order valence-corrected chi connectivity index (χ2v) is 6.65. The van der Waals surface area contributed by atoms with Crippen LogP contribution in [0.5, 0.6) is 0 Å². The second kappa shape index (κ2) is 4.64. The standard InChI is InChI=1S/C9H10BrClO2S/c1-2-9(11)14(12,13)8-5-3-7(10)4-6-8/h3-6,9H,2H2,1H3. The largest absolute Gasteiger partial charge is 0.222 e. The molecule has 0 amide bonds. The highest BCUT2D eigenvalue weighted by molar-refractivity contribution is 9.10. The number of hydrogen-bond acceptors (Lipinski definition) is 2. The van der Waals surface area contributed by atoms with Crippen LogP contribution in [0.25, 0.3) is 0 Å². The number of rotatable bonds is 3. The molecule has 1 aromatic rings. The van der Waals surface area contributed by atoms with E-state index >= 15 is 0 Å². The molecular formula is C9H10BrClO2S. The second-order valence-electron chi connectivity index (χ2n) is 2.82. The van der Waals surface area contributed by atoms with Crippen LogP contribution < -0.4 is 0 Å². The Balaban J connectivity index is 3.11. The molecule has 0 N–H and O–H groups in total. The summed E-state index contributed by atoms with van der Waals surface area (Å²) in [4.78, 5) is 0.266. The van der Waals surface area contributed by atoms with Crippen LogP contribution in [0.3, 0.4) is 0 Å². The molecule has 0 aromatic heterocycles. The third-order valence-electron chi connectivity index (χ3n) is 1.80. The lowest BCUT2D eigenvalue weighted by Gasteiger charge is -2.08. The van der Waals surface area contributed by atoms with E-state index in [-0.39, 0.29) is 4.90 Å². The molecule has 1 unspecified atom stereocenters. The molecule has 0 aliphatic heterocycles. The fraction of sp³-hybridized carbons (Fsp3) is 0.333. The molecule has 0 spiro atoms. The first-order valence-electron chi connectivity index (χ1n) is 4.12. The summed E-state index contributed by atoms with van der Waals surface area (Å²) in [6.07, 6.45) is 0.403. The normalized spacial score (nSPS) is 13.9. The zero-order chi connectivity index (χ0) is 10.8. The van der Waals surface area contributed by atoms with E-state index in [1.165, 1.54) is 0 Å². The summed E-state index contributed by atoms with van der Waals surface area (Å²) in [6, 6.07) is 6.47. The van der Waals surface area contributed by atoms with E-state index < -0.39 is 14.5 Å². The molecule has 0 bridgehead atoms. The van der Waals surface area contributed by atoms with Crippen molar-refractivity contribution in [1.82, 2.24) is 0 Å². The van der Waals surface area contributed by atoms with Crippen LogP contribution >= 0.6 is 27.5 Å². The van der Waals surface area contributed by atoms with Gasteiger partial charge in [-0.3, -0.25) is 0 Å². The van der Waals surface area contributed by atoms with Crippen LogP contribution in [0.4, 0.5) is 0 Å². The first-order valence-corrected chi connectivity index (χ1v) is 6.89. The van der Waals surface area contributed by atoms with Crippen molar-refractivity contribution in [3.63, 3.8) is 0 Å². The third-order valence-corrected chi connectivity index (χ3v) is 5.28. The average molecular weight is 298 g/mol. The fourth-order valence-electron chi connectivity index (χ4n) is 0.991. The molecule has 14 heavy (non-hydrogen) atoms. The van der Waals surface area contributed by atoms with E-state index in [9.17, 15) is 8.42 Å². The summed E-state index contributed by atoms with van der Waals surface area (Å²) in [5.74, 6) is 0. The molecule has 0 heterocycles. The molecular weight excluding hydrogens is 288 g/mol. The quantitative estimate of drug-likeness (QED) is 0.803. The first-order chi connectivity index (χ1) is 6.48. The number of sulfone groups is 1. The lowest BCUT2D eigenvalue weighted by atomic mass is 10.4. The van der Waals surface area contributed by atoms with E-state index in [4.69, 9.17) is 11.6 Å². The van der Waals surface area contributed by atoms with Gasteiger partial charge in [-0.25, -0.2) is 8.42 Å². The monoisotopic (exact) mass is 296 g/mol. The summed E-state index contributed by atoms with van der Waals surface area (Å²) in [7, 11) is -3.36. The smallest absolute Gasteiger partial charge is 0.195 e. The maximum absolute atomic E-state index is 11.7. The van der Waals surface area contributed by atoms with Gasteiger partial charge in [0, 0.05) is 4.47 Å². The SMILES string of the molecule is CCC(Cl)S(=O)(=O)c1ccc(Br)cc1. The number of hydrogen-bond donors (Lipinski definition) is 0. The Morgan fingerprint density at radius 1 is 1.36 bits per heavy atom. The number of alkyl halides is 1. The predicted molar refractivity (Wildman–Crippen MR) is 61.3 cm³/mol. The van der Waals surface area contributed by atoms with Gasteiger partial charge in [-0.15, -0.1) is 11.6 Å². The van der Waals surface area contributed by atoms with Gasteiger partial charge in [0.15, 0.2) is 9.84 Å². The third kappa shape index (κ3) is 2.49. The van der Waals surface area contributed by atoms with Crippen LogP contribution in [0.2, 0.25) is 0 Å². The van der Waals surface area contributed by atoms with Crippen LogP contribution in [0.15, 0.2) is 33.6 Å². The highest BCUT2D eigenvalue weighted by Gasteiger charge is 2.23. The molecule has 2 nitrogen and oxygen atoms in total. The van der Waals surface area contributed by atoms with Crippen molar-refractivity contribution < 1.29 is 8.42 Å². The van der Waals surface area contributed by atoms with Gasteiger partial charge in [-0.05, 0) is 30.7 Å². The highest BCUT2D eigenvalue weighted by atomic mass is 79.9. The molecule has 0 radical (unpaired) electrons. The molecule has 0 saturated carbocycles. The van der Waals surface area contributed by atoms with E-state index in [0.29, 0.717) is 6.42 Å². The van der Waals surface area contributed by atoms with Gasteiger partial charge >= 0.3 is 0 Å². The average Bonchev–Trinajstić information content (AvgIpc) is 2.17. The van der Waals surface area contributed by atoms with Gasteiger partial charge in [-0.2, -0.15) is 0 Å². The molecule has 5 heteroatoms. The van der Waals surface area contributed by atoms with E-state index in [0.717, 1.165) is 4.47 Å². The summed E-state index contributed by atoms with van der Waals surface area (Å²) < 4.78 is 23.5. The van der Waals surface area contributed by atoms with E-state index in [1.807, 2.05) is 0 Å². The van der Waals surface area contributed by atoms with E-state index in [2.05, 4.69) is 15.9 Å².